The summed E-state index contributed by atoms with van der Waals surface area (Å²) in [6.07, 6.45) is 0.964. The summed E-state index contributed by atoms with van der Waals surface area (Å²) in [6, 6.07) is 14.7. The number of aliphatic imine (C=N–C) groups is 1. The van der Waals surface area contributed by atoms with Gasteiger partial charge >= 0.3 is 0 Å². The Morgan fingerprint density at radius 2 is 1.89 bits per heavy atom. The van der Waals surface area contributed by atoms with E-state index in [0.717, 1.165) is 63.3 Å². The van der Waals surface area contributed by atoms with Crippen LogP contribution in [0.2, 0.25) is 0 Å². The molecule has 6 heteroatoms. The molecular weight excluding hydrogens is 340 g/mol. The summed E-state index contributed by atoms with van der Waals surface area (Å²) in [5.41, 5.74) is 1.32. The van der Waals surface area contributed by atoms with Crippen LogP contribution >= 0.6 is 0 Å². The summed E-state index contributed by atoms with van der Waals surface area (Å²) in [4.78, 5) is 6.76. The van der Waals surface area contributed by atoms with Crippen molar-refractivity contribution in [2.24, 2.45) is 4.99 Å². The van der Waals surface area contributed by atoms with Gasteiger partial charge in [-0.25, -0.2) is 0 Å². The second kappa shape index (κ2) is 10.1. The van der Waals surface area contributed by atoms with Gasteiger partial charge in [0.05, 0.1) is 19.3 Å². The van der Waals surface area contributed by atoms with E-state index in [1.165, 1.54) is 5.56 Å². The fourth-order valence-electron chi connectivity index (χ4n) is 3.32. The summed E-state index contributed by atoms with van der Waals surface area (Å²) in [7, 11) is 1.80. The lowest BCUT2D eigenvalue weighted by Gasteiger charge is -2.33. The molecule has 1 unspecified atom stereocenters. The highest BCUT2D eigenvalue weighted by molar-refractivity contribution is 5.79. The van der Waals surface area contributed by atoms with E-state index in [2.05, 4.69) is 50.9 Å². The molecule has 0 saturated carbocycles. The van der Waals surface area contributed by atoms with Gasteiger partial charge in [-0.2, -0.15) is 0 Å². The molecule has 0 amide bonds. The van der Waals surface area contributed by atoms with Crippen LogP contribution in [-0.4, -0.2) is 57.3 Å². The van der Waals surface area contributed by atoms with Crippen molar-refractivity contribution in [1.82, 2.24) is 15.5 Å². The van der Waals surface area contributed by atoms with Crippen molar-refractivity contribution in [3.63, 3.8) is 0 Å². The minimum Gasteiger partial charge on any atom is -0.465 e. The van der Waals surface area contributed by atoms with Crippen molar-refractivity contribution in [3.8, 4) is 0 Å². The molecule has 2 N–H and O–H groups in total. The first-order valence-electron chi connectivity index (χ1n) is 9.63. The monoisotopic (exact) mass is 370 g/mol. The van der Waals surface area contributed by atoms with Gasteiger partial charge in [0, 0.05) is 33.2 Å². The Hall–Kier alpha value is -2.31. The average Bonchev–Trinajstić information content (AvgIpc) is 3.14. The summed E-state index contributed by atoms with van der Waals surface area (Å²) in [5, 5.41) is 6.86. The topological polar surface area (TPSA) is 62.0 Å². The van der Waals surface area contributed by atoms with Gasteiger partial charge in [-0.3, -0.25) is 9.89 Å². The number of hydrogen-bond donors (Lipinski definition) is 2. The number of ether oxygens (including phenoxy) is 1. The van der Waals surface area contributed by atoms with E-state index in [4.69, 9.17) is 9.15 Å². The van der Waals surface area contributed by atoms with Crippen LogP contribution in [0.15, 0.2) is 51.9 Å². The van der Waals surface area contributed by atoms with Crippen molar-refractivity contribution in [1.29, 1.82) is 0 Å². The second-order valence-electron chi connectivity index (χ2n) is 6.73. The molecule has 0 spiro atoms. The Labute approximate surface area is 161 Å². The van der Waals surface area contributed by atoms with Crippen LogP contribution in [0.25, 0.3) is 0 Å². The number of nitrogens with one attached hydrogen (secondary N) is 2. The average molecular weight is 370 g/mol. The molecule has 1 aliphatic rings. The quantitative estimate of drug-likeness (QED) is 0.579. The minimum atomic E-state index is 0.162. The number of guanidine groups is 1. The van der Waals surface area contributed by atoms with Crippen molar-refractivity contribution in [2.75, 3.05) is 46.4 Å². The van der Waals surface area contributed by atoms with E-state index in [1.54, 1.807) is 7.05 Å². The molecule has 146 valence electrons. The van der Waals surface area contributed by atoms with Crippen LogP contribution in [0, 0.1) is 6.92 Å². The molecule has 1 atom stereocenters. The third-order valence-corrected chi connectivity index (χ3v) is 4.81. The minimum absolute atomic E-state index is 0.162. The van der Waals surface area contributed by atoms with Crippen molar-refractivity contribution < 1.29 is 9.15 Å². The highest BCUT2D eigenvalue weighted by Gasteiger charge is 2.25. The summed E-state index contributed by atoms with van der Waals surface area (Å²) in [5.74, 6) is 2.74. The summed E-state index contributed by atoms with van der Waals surface area (Å²) >= 11 is 0. The van der Waals surface area contributed by atoms with Crippen molar-refractivity contribution in [3.05, 3.63) is 59.5 Å². The normalized spacial score (nSPS) is 16.9. The predicted octanol–water partition coefficient (Wildman–Crippen LogP) is 2.37. The van der Waals surface area contributed by atoms with E-state index in [0.29, 0.717) is 0 Å². The Balaban J connectivity index is 1.54. The van der Waals surface area contributed by atoms with E-state index in [9.17, 15) is 0 Å². The molecule has 1 saturated heterocycles. The van der Waals surface area contributed by atoms with Crippen LogP contribution in [0.3, 0.4) is 0 Å². The Bertz CT molecular complexity index is 708. The molecule has 27 heavy (non-hydrogen) atoms. The molecule has 1 fully saturated rings. The lowest BCUT2D eigenvalue weighted by atomic mass is 10.1. The van der Waals surface area contributed by atoms with Gasteiger partial charge in [-0.05, 0) is 31.0 Å². The number of benzene rings is 1. The first-order chi connectivity index (χ1) is 13.3. The maximum atomic E-state index is 5.92. The molecule has 0 aliphatic carbocycles. The van der Waals surface area contributed by atoms with Crippen LogP contribution in [0.5, 0.6) is 0 Å². The number of rotatable bonds is 7. The maximum Gasteiger partial charge on any atom is 0.191 e. The fourth-order valence-corrected chi connectivity index (χ4v) is 3.32. The third kappa shape index (κ3) is 5.84. The molecule has 0 radical (unpaired) electrons. The van der Waals surface area contributed by atoms with Crippen LogP contribution in [-0.2, 0) is 11.2 Å². The lowest BCUT2D eigenvalue weighted by Crippen LogP contribution is -2.46. The predicted molar refractivity (Wildman–Crippen MR) is 108 cm³/mol. The zero-order chi connectivity index (χ0) is 18.9. The van der Waals surface area contributed by atoms with E-state index < -0.39 is 0 Å². The number of furan rings is 1. The van der Waals surface area contributed by atoms with Gasteiger partial charge in [0.15, 0.2) is 5.96 Å². The Kier molecular flexibility index (Phi) is 7.30. The first-order valence-corrected chi connectivity index (χ1v) is 9.63. The fraction of sp³-hybridized carbons (Fsp3) is 0.476. The zero-order valence-corrected chi connectivity index (χ0v) is 16.3. The molecule has 2 aromatic rings. The molecule has 3 rings (SSSR count). The smallest absolute Gasteiger partial charge is 0.191 e. The lowest BCUT2D eigenvalue weighted by molar-refractivity contribution is 0.0124. The van der Waals surface area contributed by atoms with Crippen molar-refractivity contribution >= 4 is 5.96 Å². The molecule has 1 aromatic heterocycles. The molecule has 2 heterocycles. The highest BCUT2D eigenvalue weighted by atomic mass is 16.5. The van der Waals surface area contributed by atoms with E-state index >= 15 is 0 Å². The van der Waals surface area contributed by atoms with E-state index in [1.807, 2.05) is 19.1 Å². The molecular formula is C21H30N4O2. The number of hydrogen-bond acceptors (Lipinski definition) is 4. The third-order valence-electron chi connectivity index (χ3n) is 4.81. The Morgan fingerprint density at radius 3 is 2.56 bits per heavy atom. The maximum absolute atomic E-state index is 5.92. The largest absolute Gasteiger partial charge is 0.465 e. The van der Waals surface area contributed by atoms with Crippen molar-refractivity contribution in [2.45, 2.75) is 19.4 Å². The van der Waals surface area contributed by atoms with Gasteiger partial charge in [0.25, 0.3) is 0 Å². The van der Waals surface area contributed by atoms with Gasteiger partial charge in [0.2, 0.25) is 0 Å². The van der Waals surface area contributed by atoms with Gasteiger partial charge in [-0.15, -0.1) is 0 Å². The van der Waals surface area contributed by atoms with Gasteiger partial charge in [0.1, 0.15) is 11.5 Å². The highest BCUT2D eigenvalue weighted by Crippen LogP contribution is 2.23. The SMILES string of the molecule is CN=C(NCCc1ccccc1)NCC(c1ccc(C)o1)N1CCOCC1. The zero-order valence-electron chi connectivity index (χ0n) is 16.3. The van der Waals surface area contributed by atoms with Crippen LogP contribution < -0.4 is 10.6 Å². The van der Waals surface area contributed by atoms with Crippen LogP contribution in [0.1, 0.15) is 23.1 Å². The number of morpholine rings is 1. The molecule has 0 bridgehead atoms. The Morgan fingerprint density at radius 1 is 1.11 bits per heavy atom. The van der Waals surface area contributed by atoms with Gasteiger partial charge in [-0.1, -0.05) is 30.3 Å². The summed E-state index contributed by atoms with van der Waals surface area (Å²) in [6.45, 7) is 6.90. The first kappa shape index (κ1) is 19.5. The molecule has 6 nitrogen and oxygen atoms in total. The summed E-state index contributed by atoms with van der Waals surface area (Å²) < 4.78 is 11.4. The molecule has 1 aliphatic heterocycles. The number of aryl methyl sites for hydroxylation is 1. The molecule has 1 aromatic carbocycles. The van der Waals surface area contributed by atoms with E-state index in [-0.39, 0.29) is 6.04 Å². The van der Waals surface area contributed by atoms with Gasteiger partial charge < -0.3 is 19.8 Å². The second-order valence-corrected chi connectivity index (χ2v) is 6.73. The van der Waals surface area contributed by atoms with Crippen LogP contribution in [0.4, 0.5) is 0 Å². The number of nitrogens with zero attached hydrogens (tertiary/aromatic N) is 2. The standard InChI is InChI=1S/C21H30N4O2/c1-17-8-9-20(27-17)19(25-12-14-26-15-13-25)16-24-21(22-2)23-11-10-18-6-4-3-5-7-18/h3-9,19H,10-16H2,1-2H3,(H2,22,23,24).